The zero-order valence-corrected chi connectivity index (χ0v) is 6.29. The van der Waals surface area contributed by atoms with Crippen LogP contribution in [0.25, 0.3) is 0 Å². The first-order chi connectivity index (χ1) is 4.88. The number of allylic oxidation sites excluding steroid dienone is 3. The Morgan fingerprint density at radius 2 is 2.40 bits per heavy atom. The number of ether oxygens (including phenoxy) is 1. The van der Waals surface area contributed by atoms with E-state index in [0.29, 0.717) is 0 Å². The maximum Gasteiger partial charge on any atom is 0.140 e. The van der Waals surface area contributed by atoms with Crippen molar-refractivity contribution >= 4 is 5.71 Å². The molecule has 1 aliphatic carbocycles. The Hall–Kier alpha value is -1.05. The van der Waals surface area contributed by atoms with E-state index in [1.54, 1.807) is 14.2 Å². The highest BCUT2D eigenvalue weighted by Gasteiger charge is 2.04. The zero-order valence-electron chi connectivity index (χ0n) is 6.29. The Labute approximate surface area is 60.9 Å². The molecule has 0 aromatic heterocycles. The lowest BCUT2D eigenvalue weighted by Crippen LogP contribution is -2.04. The van der Waals surface area contributed by atoms with Crippen LogP contribution in [0.15, 0.2) is 29.0 Å². The first kappa shape index (κ1) is 7.06. The highest BCUT2D eigenvalue weighted by molar-refractivity contribution is 6.07. The van der Waals surface area contributed by atoms with Crippen LogP contribution in [-0.2, 0) is 4.74 Å². The quantitative estimate of drug-likeness (QED) is 0.537. The fourth-order valence-corrected chi connectivity index (χ4v) is 0.914. The van der Waals surface area contributed by atoms with Crippen molar-refractivity contribution < 1.29 is 4.74 Å². The van der Waals surface area contributed by atoms with Crippen molar-refractivity contribution in [2.75, 3.05) is 14.2 Å². The SMILES string of the molecule is CN=C1C=CCC=C1OC. The van der Waals surface area contributed by atoms with Crippen molar-refractivity contribution in [3.8, 4) is 0 Å². The van der Waals surface area contributed by atoms with Gasteiger partial charge in [-0.3, -0.25) is 4.99 Å². The molecule has 0 unspecified atom stereocenters. The van der Waals surface area contributed by atoms with Crippen molar-refractivity contribution in [1.29, 1.82) is 0 Å². The summed E-state index contributed by atoms with van der Waals surface area (Å²) in [4.78, 5) is 4.04. The summed E-state index contributed by atoms with van der Waals surface area (Å²) < 4.78 is 5.07. The molecular weight excluding hydrogens is 126 g/mol. The molecule has 0 spiro atoms. The van der Waals surface area contributed by atoms with Gasteiger partial charge in [-0.25, -0.2) is 0 Å². The van der Waals surface area contributed by atoms with E-state index in [-0.39, 0.29) is 0 Å². The molecule has 0 N–H and O–H groups in total. The predicted molar refractivity (Wildman–Crippen MR) is 42.2 cm³/mol. The van der Waals surface area contributed by atoms with Gasteiger partial charge in [0.1, 0.15) is 5.76 Å². The maximum absolute atomic E-state index is 5.07. The Balaban J connectivity index is 2.79. The van der Waals surface area contributed by atoms with Gasteiger partial charge in [0, 0.05) is 7.05 Å². The molecule has 0 aliphatic heterocycles. The fraction of sp³-hybridized carbons (Fsp3) is 0.375. The minimum absolute atomic E-state index is 0.880. The molecule has 0 bridgehead atoms. The molecule has 1 rings (SSSR count). The van der Waals surface area contributed by atoms with E-state index in [2.05, 4.69) is 11.1 Å². The molecule has 0 aromatic carbocycles. The Bertz CT molecular complexity index is 201. The number of nitrogens with zero attached hydrogens (tertiary/aromatic N) is 1. The Morgan fingerprint density at radius 3 is 2.90 bits per heavy atom. The van der Waals surface area contributed by atoms with Crippen LogP contribution in [0.1, 0.15) is 6.42 Å². The van der Waals surface area contributed by atoms with Crippen LogP contribution in [-0.4, -0.2) is 19.9 Å². The largest absolute Gasteiger partial charge is 0.495 e. The van der Waals surface area contributed by atoms with Crippen molar-refractivity contribution in [3.63, 3.8) is 0 Å². The highest BCUT2D eigenvalue weighted by Crippen LogP contribution is 2.08. The predicted octanol–water partition coefficient (Wildman–Crippen LogP) is 1.55. The number of hydrogen-bond acceptors (Lipinski definition) is 2. The average Bonchev–Trinajstić information content (AvgIpc) is 2.04. The second kappa shape index (κ2) is 3.20. The first-order valence-electron chi connectivity index (χ1n) is 3.26. The second-order valence-corrected chi connectivity index (χ2v) is 2.02. The molecule has 10 heavy (non-hydrogen) atoms. The fourth-order valence-electron chi connectivity index (χ4n) is 0.914. The summed E-state index contributed by atoms with van der Waals surface area (Å²) in [5.74, 6) is 0.880. The summed E-state index contributed by atoms with van der Waals surface area (Å²) in [5.41, 5.74) is 0.925. The van der Waals surface area contributed by atoms with Crippen molar-refractivity contribution in [2.24, 2.45) is 4.99 Å². The molecule has 2 heteroatoms. The monoisotopic (exact) mass is 137 g/mol. The average molecular weight is 137 g/mol. The van der Waals surface area contributed by atoms with E-state index < -0.39 is 0 Å². The van der Waals surface area contributed by atoms with Gasteiger partial charge in [-0.15, -0.1) is 0 Å². The third kappa shape index (κ3) is 1.26. The molecule has 0 aromatic rings. The molecule has 1 aliphatic rings. The third-order valence-electron chi connectivity index (χ3n) is 1.43. The van der Waals surface area contributed by atoms with Crippen LogP contribution >= 0.6 is 0 Å². The van der Waals surface area contributed by atoms with Gasteiger partial charge in [0.15, 0.2) is 0 Å². The summed E-state index contributed by atoms with van der Waals surface area (Å²) in [7, 11) is 3.42. The molecule has 0 saturated carbocycles. The lowest BCUT2D eigenvalue weighted by Gasteiger charge is -2.07. The zero-order chi connectivity index (χ0) is 7.40. The number of hydrogen-bond donors (Lipinski definition) is 0. The molecular formula is C8H11NO. The molecule has 0 saturated heterocycles. The molecule has 0 heterocycles. The van der Waals surface area contributed by atoms with E-state index in [1.165, 1.54) is 0 Å². The van der Waals surface area contributed by atoms with Crippen molar-refractivity contribution in [1.82, 2.24) is 0 Å². The Kier molecular flexibility index (Phi) is 2.26. The van der Waals surface area contributed by atoms with Gasteiger partial charge in [-0.2, -0.15) is 0 Å². The first-order valence-corrected chi connectivity index (χ1v) is 3.26. The van der Waals surface area contributed by atoms with E-state index in [0.717, 1.165) is 17.9 Å². The molecule has 0 fully saturated rings. The normalized spacial score (nSPS) is 21.0. The van der Waals surface area contributed by atoms with Crippen LogP contribution < -0.4 is 0 Å². The van der Waals surface area contributed by atoms with Gasteiger partial charge < -0.3 is 4.74 Å². The number of methoxy groups -OCH3 is 1. The third-order valence-corrected chi connectivity index (χ3v) is 1.43. The summed E-state index contributed by atoms with van der Waals surface area (Å²) >= 11 is 0. The van der Waals surface area contributed by atoms with Gasteiger partial charge in [-0.1, -0.05) is 6.08 Å². The number of rotatable bonds is 1. The Morgan fingerprint density at radius 1 is 1.60 bits per heavy atom. The summed E-state index contributed by atoms with van der Waals surface area (Å²) in [6.45, 7) is 0. The van der Waals surface area contributed by atoms with E-state index in [4.69, 9.17) is 4.74 Å². The van der Waals surface area contributed by atoms with Crippen LogP contribution in [0.4, 0.5) is 0 Å². The van der Waals surface area contributed by atoms with Gasteiger partial charge >= 0.3 is 0 Å². The minimum Gasteiger partial charge on any atom is -0.495 e. The molecule has 0 atom stereocenters. The van der Waals surface area contributed by atoms with E-state index in [9.17, 15) is 0 Å². The second-order valence-electron chi connectivity index (χ2n) is 2.02. The lowest BCUT2D eigenvalue weighted by atomic mass is 10.1. The van der Waals surface area contributed by atoms with Crippen molar-refractivity contribution in [2.45, 2.75) is 6.42 Å². The lowest BCUT2D eigenvalue weighted by molar-refractivity contribution is 0.313. The van der Waals surface area contributed by atoms with E-state index in [1.807, 2.05) is 12.2 Å². The maximum atomic E-state index is 5.07. The topological polar surface area (TPSA) is 21.6 Å². The van der Waals surface area contributed by atoms with E-state index >= 15 is 0 Å². The molecule has 2 nitrogen and oxygen atoms in total. The minimum atomic E-state index is 0.880. The van der Waals surface area contributed by atoms with Crippen LogP contribution in [0, 0.1) is 0 Å². The van der Waals surface area contributed by atoms with Gasteiger partial charge in [0.25, 0.3) is 0 Å². The van der Waals surface area contributed by atoms with Gasteiger partial charge in [0.05, 0.1) is 12.8 Å². The standard InChI is InChI=1S/C8H11NO/c1-9-7-5-3-4-6-8(7)10-2/h3,5-6H,4H2,1-2H3. The van der Waals surface area contributed by atoms with Gasteiger partial charge in [0.2, 0.25) is 0 Å². The van der Waals surface area contributed by atoms with Crippen LogP contribution in [0.3, 0.4) is 0 Å². The summed E-state index contributed by atoms with van der Waals surface area (Å²) in [6, 6.07) is 0. The van der Waals surface area contributed by atoms with Crippen molar-refractivity contribution in [3.05, 3.63) is 24.0 Å². The van der Waals surface area contributed by atoms with Crippen LogP contribution in [0.2, 0.25) is 0 Å². The van der Waals surface area contributed by atoms with Crippen LogP contribution in [0.5, 0.6) is 0 Å². The smallest absolute Gasteiger partial charge is 0.140 e. The summed E-state index contributed by atoms with van der Waals surface area (Å²) in [5, 5.41) is 0. The van der Waals surface area contributed by atoms with Gasteiger partial charge in [-0.05, 0) is 18.6 Å². The number of aliphatic imine (C=N–C) groups is 1. The summed E-state index contributed by atoms with van der Waals surface area (Å²) in [6.07, 6.45) is 6.99. The molecule has 0 radical (unpaired) electrons. The molecule has 54 valence electrons. The highest BCUT2D eigenvalue weighted by atomic mass is 16.5. The molecule has 0 amide bonds.